The number of amides is 1. The van der Waals surface area contributed by atoms with Gasteiger partial charge in [-0.2, -0.15) is 0 Å². The Morgan fingerprint density at radius 2 is 1.81 bits per heavy atom. The van der Waals surface area contributed by atoms with E-state index in [1.165, 1.54) is 0 Å². The second kappa shape index (κ2) is 7.66. The Balaban J connectivity index is 2.14. The van der Waals surface area contributed by atoms with Crippen LogP contribution in [0.4, 0.5) is 5.69 Å². The molecule has 1 unspecified atom stereocenters. The zero-order chi connectivity index (χ0) is 27.2. The molecule has 1 aromatic rings. The highest BCUT2D eigenvalue weighted by atomic mass is 16.4. The molecule has 0 radical (unpaired) electrons. The molecule has 36 heavy (non-hydrogen) atoms. The van der Waals surface area contributed by atoms with Crippen LogP contribution in [0.5, 0.6) is 5.75 Å². The number of carbonyl (C=O) groups is 3. The van der Waals surface area contributed by atoms with E-state index in [2.05, 4.69) is 6.58 Å². The molecule has 0 aliphatic heterocycles. The number of aliphatic hydroxyl groups is 4. The summed E-state index contributed by atoms with van der Waals surface area (Å²) in [5.41, 5.74) is 6.70. The summed E-state index contributed by atoms with van der Waals surface area (Å²) in [6, 6.07) is 1.64. The van der Waals surface area contributed by atoms with Crippen LogP contribution in [0.2, 0.25) is 0 Å². The number of fused-ring (bicyclic) bond motifs is 3. The molecule has 1 aromatic carbocycles. The van der Waals surface area contributed by atoms with Gasteiger partial charge in [0.2, 0.25) is 5.78 Å². The fraction of sp³-hybridized carbons (Fsp3) is 0.400. The first-order valence-corrected chi connectivity index (χ1v) is 11.2. The van der Waals surface area contributed by atoms with Crippen molar-refractivity contribution in [2.24, 2.45) is 17.4 Å². The molecule has 0 aromatic heterocycles. The van der Waals surface area contributed by atoms with Crippen molar-refractivity contribution < 1.29 is 39.9 Å². The summed E-state index contributed by atoms with van der Waals surface area (Å²) in [7, 11) is 3.44. The van der Waals surface area contributed by atoms with Gasteiger partial charge >= 0.3 is 0 Å². The van der Waals surface area contributed by atoms with Crippen molar-refractivity contribution in [3.63, 3.8) is 0 Å². The van der Waals surface area contributed by atoms with Crippen molar-refractivity contribution in [1.29, 1.82) is 0 Å². The molecule has 11 heteroatoms. The van der Waals surface area contributed by atoms with Gasteiger partial charge in [-0.05, 0) is 24.1 Å². The second-order valence-corrected chi connectivity index (χ2v) is 10.00. The number of phenols is 1. The van der Waals surface area contributed by atoms with Crippen molar-refractivity contribution in [2.45, 2.75) is 43.4 Å². The normalized spacial score (nSPS) is 31.6. The van der Waals surface area contributed by atoms with Gasteiger partial charge in [-0.1, -0.05) is 13.5 Å². The first-order chi connectivity index (χ1) is 16.5. The van der Waals surface area contributed by atoms with Gasteiger partial charge in [-0.25, -0.2) is 0 Å². The number of allylic oxidation sites excluding steroid dienone is 1. The number of hydrogen-bond acceptors (Lipinski definition) is 10. The molecule has 192 valence electrons. The summed E-state index contributed by atoms with van der Waals surface area (Å²) in [6.07, 6.45) is -2.56. The molecule has 9 N–H and O–H groups in total. The fourth-order valence-electron chi connectivity index (χ4n) is 5.88. The monoisotopic (exact) mass is 499 g/mol. The van der Waals surface area contributed by atoms with Gasteiger partial charge < -0.3 is 41.9 Å². The largest absolute Gasteiger partial charge is 0.508 e. The highest BCUT2D eigenvalue weighted by Gasteiger charge is 2.69. The van der Waals surface area contributed by atoms with Crippen molar-refractivity contribution in [1.82, 2.24) is 0 Å². The number of nitrogens with zero attached hydrogens (tertiary/aromatic N) is 1. The van der Waals surface area contributed by atoms with Crippen molar-refractivity contribution in [3.05, 3.63) is 46.2 Å². The van der Waals surface area contributed by atoms with E-state index in [1.54, 1.807) is 38.9 Å². The summed E-state index contributed by atoms with van der Waals surface area (Å²) >= 11 is 0. The number of Topliss-reactive ketones (excluding diaryl/α,β-unsaturated/α-hetero) is 2. The molecule has 1 saturated carbocycles. The van der Waals surface area contributed by atoms with Crippen LogP contribution in [0.15, 0.2) is 29.6 Å². The molecule has 0 heterocycles. The number of phenolic OH excluding ortho intramolecular Hbond substituents is 1. The molecule has 0 spiro atoms. The number of anilines is 1. The Hall–Kier alpha value is -3.67. The predicted octanol–water partition coefficient (Wildman–Crippen LogP) is 0.136. The Bertz CT molecular complexity index is 1340. The third-order valence-corrected chi connectivity index (χ3v) is 7.82. The maximum Gasteiger partial charge on any atom is 0.255 e. The minimum absolute atomic E-state index is 0.143. The van der Waals surface area contributed by atoms with Gasteiger partial charge in [0.05, 0.1) is 22.8 Å². The van der Waals surface area contributed by atoms with Crippen molar-refractivity contribution >= 4 is 34.5 Å². The average molecular weight is 500 g/mol. The molecule has 3 aliphatic carbocycles. The van der Waals surface area contributed by atoms with E-state index in [4.69, 9.17) is 11.5 Å². The minimum Gasteiger partial charge on any atom is -0.508 e. The van der Waals surface area contributed by atoms with Gasteiger partial charge in [-0.15, -0.1) is 0 Å². The van der Waals surface area contributed by atoms with Gasteiger partial charge in [0.15, 0.2) is 11.4 Å². The van der Waals surface area contributed by atoms with Gasteiger partial charge in [0.25, 0.3) is 5.91 Å². The quantitative estimate of drug-likeness (QED) is 0.280. The molecule has 11 nitrogen and oxygen atoms in total. The topological polar surface area (TPSA) is 208 Å². The van der Waals surface area contributed by atoms with Crippen LogP contribution < -0.4 is 16.4 Å². The highest BCUT2D eigenvalue weighted by molar-refractivity contribution is 6.23. The Labute approximate surface area is 206 Å². The second-order valence-electron chi connectivity index (χ2n) is 10.00. The number of primary amides is 1. The molecule has 0 bridgehead atoms. The molecule has 4 rings (SSSR count). The van der Waals surface area contributed by atoms with Gasteiger partial charge in [-0.3, -0.25) is 14.4 Å². The van der Waals surface area contributed by atoms with Crippen LogP contribution >= 0.6 is 0 Å². The van der Waals surface area contributed by atoms with Gasteiger partial charge in [0, 0.05) is 43.6 Å². The van der Waals surface area contributed by atoms with E-state index >= 15 is 0 Å². The summed E-state index contributed by atoms with van der Waals surface area (Å²) < 4.78 is 0. The Morgan fingerprint density at radius 3 is 2.31 bits per heavy atom. The molecular weight excluding hydrogens is 470 g/mol. The lowest BCUT2D eigenvalue weighted by Gasteiger charge is -2.55. The molecule has 1 amide bonds. The first kappa shape index (κ1) is 25.4. The Kier molecular flexibility index (Phi) is 5.41. The maximum atomic E-state index is 13.8. The van der Waals surface area contributed by atoms with Crippen LogP contribution in [0.1, 0.15) is 42.9 Å². The summed E-state index contributed by atoms with van der Waals surface area (Å²) in [5.74, 6) is -8.74. The standard InChI is InChI=1S/C25H29N3O8/c1-8(2)10-6-12(28(4)5)14-9(3)24(27)17(19(31)16(14)18(10)30)22(34)25(36)11(20(24)32)7-13(29)15(21(25)33)23(26)35/h6,9,11,20,30-33,36H,1,7,27H2,2-5H3,(H2,26,35)/t9-,11+,20?,24-,25+/m0/s1. The number of rotatable bonds is 3. The number of aromatic hydroxyl groups is 1. The van der Waals surface area contributed by atoms with Gasteiger partial charge in [0.1, 0.15) is 22.8 Å². The summed E-state index contributed by atoms with van der Waals surface area (Å²) in [6.45, 7) is 7.06. The van der Waals surface area contributed by atoms with Crippen molar-refractivity contribution in [3.8, 4) is 5.75 Å². The number of carbonyl (C=O) groups excluding carboxylic acids is 3. The lowest BCUT2D eigenvalue weighted by molar-refractivity contribution is -0.162. The lowest BCUT2D eigenvalue weighted by atomic mass is 9.52. The third-order valence-electron chi connectivity index (χ3n) is 7.82. The molecule has 1 fully saturated rings. The highest BCUT2D eigenvalue weighted by Crippen LogP contribution is 2.58. The molecular formula is C25H29N3O8. The number of ketones is 2. The zero-order valence-corrected chi connectivity index (χ0v) is 20.3. The van der Waals surface area contributed by atoms with E-state index in [1.807, 2.05) is 0 Å². The maximum absolute atomic E-state index is 13.8. The van der Waals surface area contributed by atoms with E-state index in [-0.39, 0.29) is 11.1 Å². The van der Waals surface area contributed by atoms with Crippen LogP contribution in [0.3, 0.4) is 0 Å². The summed E-state index contributed by atoms with van der Waals surface area (Å²) in [4.78, 5) is 40.0. The minimum atomic E-state index is -2.97. The molecule has 0 saturated heterocycles. The van der Waals surface area contributed by atoms with E-state index < -0.39 is 81.4 Å². The van der Waals surface area contributed by atoms with Crippen LogP contribution in [0, 0.1) is 5.92 Å². The van der Waals surface area contributed by atoms with E-state index in [0.717, 1.165) is 0 Å². The Morgan fingerprint density at radius 1 is 1.22 bits per heavy atom. The number of aliphatic hydroxyl groups excluding tert-OH is 3. The van der Waals surface area contributed by atoms with E-state index in [9.17, 15) is 39.9 Å². The van der Waals surface area contributed by atoms with Crippen LogP contribution in [-0.4, -0.2) is 74.3 Å². The van der Waals surface area contributed by atoms with Crippen LogP contribution in [0.25, 0.3) is 11.3 Å². The average Bonchev–Trinajstić information content (AvgIpc) is 2.77. The van der Waals surface area contributed by atoms with E-state index in [0.29, 0.717) is 16.8 Å². The first-order valence-electron chi connectivity index (χ1n) is 11.2. The third kappa shape index (κ3) is 2.81. The van der Waals surface area contributed by atoms with Crippen LogP contribution in [-0.2, 0) is 14.4 Å². The molecule has 3 aliphatic rings. The van der Waals surface area contributed by atoms with Crippen molar-refractivity contribution in [2.75, 3.05) is 19.0 Å². The fourth-order valence-corrected chi connectivity index (χ4v) is 5.88. The molecule has 5 atom stereocenters. The SMILES string of the molecule is C=C(C)c1cc(N(C)C)c2c(c1O)C(O)=C1C(=O)[C@]3(O)C(O)=C(C(N)=O)C(=O)C[C@@H]3C(O)[C@]1(N)[C@H]2C. The lowest BCUT2D eigenvalue weighted by Crippen LogP contribution is -2.73. The number of nitrogens with two attached hydrogens (primary N) is 2. The summed E-state index contributed by atoms with van der Waals surface area (Å²) in [5, 5.41) is 56.2. The zero-order valence-electron chi connectivity index (χ0n) is 20.3. The number of benzene rings is 1. The number of hydrogen-bond donors (Lipinski definition) is 7. The predicted molar refractivity (Wildman–Crippen MR) is 130 cm³/mol. The smallest absolute Gasteiger partial charge is 0.255 e.